The van der Waals surface area contributed by atoms with E-state index in [0.29, 0.717) is 0 Å². The van der Waals surface area contributed by atoms with Crippen molar-refractivity contribution in [3.63, 3.8) is 0 Å². The van der Waals surface area contributed by atoms with Gasteiger partial charge in [0.25, 0.3) is 0 Å². The predicted molar refractivity (Wildman–Crippen MR) is 77.7 cm³/mol. The van der Waals surface area contributed by atoms with Gasteiger partial charge in [0.2, 0.25) is 0 Å². The molecule has 9 heteroatoms. The van der Waals surface area contributed by atoms with Crippen LogP contribution in [0.1, 0.15) is 45.0 Å². The van der Waals surface area contributed by atoms with Crippen LogP contribution >= 0.6 is 22.9 Å². The molecule has 0 unspecified atom stereocenters. The third kappa shape index (κ3) is 6.83. The number of piperidine rings is 1. The minimum absolute atomic E-state index is 0.204. The van der Waals surface area contributed by atoms with E-state index in [0.717, 1.165) is 0 Å². The fourth-order valence-corrected chi connectivity index (χ4v) is 3.96. The van der Waals surface area contributed by atoms with Crippen molar-refractivity contribution in [2.75, 3.05) is 13.1 Å². The van der Waals surface area contributed by atoms with Crippen molar-refractivity contribution in [3.8, 4) is 0 Å². The molecule has 2 rings (SSSR count). The van der Waals surface area contributed by atoms with Crippen molar-refractivity contribution in [1.82, 2.24) is 8.95 Å². The maximum absolute atomic E-state index is 9.75. The second-order valence-electron chi connectivity index (χ2n) is 5.65. The molecule has 20 heavy (non-hydrogen) atoms. The van der Waals surface area contributed by atoms with Crippen molar-refractivity contribution in [1.29, 1.82) is 0 Å². The van der Waals surface area contributed by atoms with Gasteiger partial charge in [-0.3, -0.25) is 0 Å². The molecule has 1 aromatic heterocycles. The number of hydrogen-bond donors (Lipinski definition) is 0. The maximum atomic E-state index is 9.75. The molecule has 0 spiro atoms. The Morgan fingerprint density at radius 3 is 1.95 bits per heavy atom. The van der Waals surface area contributed by atoms with Crippen LogP contribution in [0.15, 0.2) is 0 Å². The number of aromatic nitrogens is 1. The summed E-state index contributed by atoms with van der Waals surface area (Å²) in [6.45, 7) is 9.15. The lowest BCUT2D eigenvalue weighted by atomic mass is 9.99. The lowest BCUT2D eigenvalue weighted by Gasteiger charge is -2.12. The van der Waals surface area contributed by atoms with Crippen LogP contribution in [0.2, 0.25) is 0 Å². The average molecular weight is 330 g/mol. The van der Waals surface area contributed by atoms with Crippen LogP contribution in [0, 0.1) is 0 Å². The molecule has 0 bridgehead atoms. The summed E-state index contributed by atoms with van der Waals surface area (Å²) in [7, 11) is -6.00. The summed E-state index contributed by atoms with van der Waals surface area (Å²) in [5, 5.41) is 1.27. The Morgan fingerprint density at radius 2 is 1.55 bits per heavy atom. The largest absolute Gasteiger partial charge is 0.673 e. The quantitative estimate of drug-likeness (QED) is 0.402. The average Bonchev–Trinajstić information content (AvgIpc) is 2.76. The lowest BCUT2D eigenvalue weighted by molar-refractivity contribution is 0.368. The van der Waals surface area contributed by atoms with E-state index in [2.05, 4.69) is 29.7 Å². The van der Waals surface area contributed by atoms with Crippen molar-refractivity contribution in [3.05, 3.63) is 8.99 Å². The summed E-state index contributed by atoms with van der Waals surface area (Å²) in [6, 6.07) is 0. The van der Waals surface area contributed by atoms with Crippen LogP contribution in [0.4, 0.5) is 17.3 Å². The van der Waals surface area contributed by atoms with Gasteiger partial charge in [0.1, 0.15) is 18.1 Å². The Bertz CT molecular complexity index is 474. The highest BCUT2D eigenvalue weighted by Crippen LogP contribution is 2.22. The van der Waals surface area contributed by atoms with Crippen LogP contribution in [0.3, 0.4) is 0 Å². The molecule has 0 radical (unpaired) electrons. The van der Waals surface area contributed by atoms with Crippen molar-refractivity contribution in [2.24, 2.45) is 0 Å². The molecule has 1 aliphatic heterocycles. The monoisotopic (exact) mass is 330 g/mol. The highest BCUT2D eigenvalue weighted by molar-refractivity contribution is 7.23. The first kappa shape index (κ1) is 17.6. The first-order chi connectivity index (χ1) is 9.07. The molecule has 1 aliphatic rings. The van der Waals surface area contributed by atoms with Gasteiger partial charge in [-0.25, -0.2) is 4.58 Å². The minimum atomic E-state index is -6.00. The van der Waals surface area contributed by atoms with E-state index in [1.165, 1.54) is 41.3 Å². The summed E-state index contributed by atoms with van der Waals surface area (Å²) in [6.07, 6.45) is 4.08. The molecule has 116 valence electrons. The molecule has 0 saturated carbocycles. The van der Waals surface area contributed by atoms with Gasteiger partial charge in [-0.1, -0.05) is 20.8 Å². The van der Waals surface area contributed by atoms with Crippen molar-refractivity contribution < 1.29 is 17.3 Å². The van der Waals surface area contributed by atoms with Gasteiger partial charge in [0, 0.05) is 29.8 Å². The number of nitrogens with zero attached hydrogens (tertiary/aromatic N) is 2. The summed E-state index contributed by atoms with van der Waals surface area (Å²) in [5.74, 6) is 0. The number of halogens is 4. The topological polar surface area (TPSA) is 15.9 Å². The molecule has 0 N–H and O–H groups in total. The van der Waals surface area contributed by atoms with E-state index in [1.54, 1.807) is 11.5 Å². The van der Waals surface area contributed by atoms with Crippen LogP contribution < -0.4 is 8.56 Å². The van der Waals surface area contributed by atoms with Crippen molar-refractivity contribution >= 4 is 30.1 Å². The molecule has 0 aromatic carbocycles. The normalized spacial score (nSPS) is 16.6. The summed E-state index contributed by atoms with van der Waals surface area (Å²) < 4.78 is 47.5. The molecular weight excluding hydrogens is 311 g/mol. The maximum Gasteiger partial charge on any atom is 0.673 e. The molecule has 1 fully saturated rings. The first-order valence-corrected chi connectivity index (χ1v) is 8.09. The van der Waals surface area contributed by atoms with E-state index in [1.807, 2.05) is 11.3 Å². The number of hydrogen-bond acceptors (Lipinski definition) is 3. The molecule has 0 atom stereocenters. The lowest BCUT2D eigenvalue weighted by Crippen LogP contribution is -2.31. The predicted octanol–water partition coefficient (Wildman–Crippen LogP) is 3.76. The fraction of sp³-hybridized carbons (Fsp3) is 0.818. The van der Waals surface area contributed by atoms with Crippen LogP contribution in [-0.2, 0) is 5.41 Å². The van der Waals surface area contributed by atoms with E-state index in [4.69, 9.17) is 0 Å². The fourth-order valence-electron chi connectivity index (χ4n) is 1.69. The SMILES string of the molecule is CC(C)(C)c1nsc(=[N+]2CCCCC2)s1.F[B-](F)(F)F. The highest BCUT2D eigenvalue weighted by Gasteiger charge is 2.21. The molecular formula is C11H19BF4N2S2. The smallest absolute Gasteiger partial charge is 0.418 e. The third-order valence-corrected chi connectivity index (χ3v) is 5.25. The Kier molecular flexibility index (Phi) is 6.18. The van der Waals surface area contributed by atoms with Crippen molar-refractivity contribution in [2.45, 2.75) is 45.4 Å². The van der Waals surface area contributed by atoms with Crippen LogP contribution in [0.25, 0.3) is 0 Å². The van der Waals surface area contributed by atoms with Gasteiger partial charge in [0.15, 0.2) is 0 Å². The summed E-state index contributed by atoms with van der Waals surface area (Å²) in [4.78, 5) is 0. The minimum Gasteiger partial charge on any atom is -0.418 e. The molecule has 2 heterocycles. The van der Waals surface area contributed by atoms with Crippen LogP contribution in [-0.4, -0.2) is 24.7 Å². The van der Waals surface area contributed by atoms with E-state index in [-0.39, 0.29) is 5.41 Å². The summed E-state index contributed by atoms with van der Waals surface area (Å²) >= 11 is 3.56. The summed E-state index contributed by atoms with van der Waals surface area (Å²) in [5.41, 5.74) is 0.204. The Morgan fingerprint density at radius 1 is 1.05 bits per heavy atom. The van der Waals surface area contributed by atoms with Gasteiger partial charge < -0.3 is 17.3 Å². The van der Waals surface area contributed by atoms with Gasteiger partial charge in [-0.05, 0) is 17.8 Å². The highest BCUT2D eigenvalue weighted by atomic mass is 32.2. The zero-order chi connectivity index (χ0) is 15.4. The molecule has 2 nitrogen and oxygen atoms in total. The van der Waals surface area contributed by atoms with E-state index < -0.39 is 7.25 Å². The second-order valence-corrected chi connectivity index (χ2v) is 7.64. The Hall–Kier alpha value is -0.435. The molecule has 1 saturated heterocycles. The van der Waals surface area contributed by atoms with Gasteiger partial charge in [0.05, 0.1) is 0 Å². The zero-order valence-electron chi connectivity index (χ0n) is 11.8. The van der Waals surface area contributed by atoms with Gasteiger partial charge in [-0.15, -0.1) is 0 Å². The van der Waals surface area contributed by atoms with Gasteiger partial charge in [-0.2, -0.15) is 4.37 Å². The molecule has 0 amide bonds. The number of rotatable bonds is 0. The van der Waals surface area contributed by atoms with Crippen LogP contribution in [0.5, 0.6) is 0 Å². The first-order valence-electron chi connectivity index (χ1n) is 6.50. The standard InChI is InChI=1S/C11H19N2S2.BF4/c1-11(2,3)9-12-15-10(14-9)13-7-5-4-6-8-13;2-1(3,4)5/h4-8H2,1-3H3;/q+1;-1. The molecule has 0 aliphatic carbocycles. The van der Waals surface area contributed by atoms with Gasteiger partial charge >= 0.3 is 11.2 Å². The third-order valence-electron chi connectivity index (χ3n) is 2.65. The Balaban J connectivity index is 0.000000347. The van der Waals surface area contributed by atoms with E-state index in [9.17, 15) is 17.3 Å². The molecule has 1 aromatic rings. The Labute approximate surface area is 124 Å². The zero-order valence-corrected chi connectivity index (χ0v) is 13.5. The second kappa shape index (κ2) is 7.02. The van der Waals surface area contributed by atoms with E-state index >= 15 is 0 Å².